The van der Waals surface area contributed by atoms with Gasteiger partial charge in [0.15, 0.2) is 5.82 Å². The molecule has 5 nitrogen and oxygen atoms in total. The molecule has 22 heavy (non-hydrogen) atoms. The molecule has 0 amide bonds. The number of furan rings is 1. The quantitative estimate of drug-likeness (QED) is 0.743. The van der Waals surface area contributed by atoms with E-state index in [1.807, 2.05) is 19.1 Å². The number of nitrogens with zero attached hydrogens (tertiary/aromatic N) is 2. The lowest BCUT2D eigenvalue weighted by Crippen LogP contribution is -2.19. The predicted molar refractivity (Wildman–Crippen MR) is 83.7 cm³/mol. The normalized spacial score (nSPS) is 12.5. The molecule has 1 aromatic carbocycles. The predicted octanol–water partition coefficient (Wildman–Crippen LogP) is 4.49. The van der Waals surface area contributed by atoms with Crippen LogP contribution in [0.15, 0.2) is 45.7 Å². The van der Waals surface area contributed by atoms with E-state index in [-0.39, 0.29) is 6.04 Å². The number of halogens is 2. The van der Waals surface area contributed by atoms with Gasteiger partial charge in [-0.1, -0.05) is 40.5 Å². The number of hydrogen-bond donors (Lipinski definition) is 1. The Morgan fingerprint density at radius 1 is 1.27 bits per heavy atom. The Labute approximate surface area is 137 Å². The molecule has 0 aliphatic rings. The molecule has 0 saturated carbocycles. The summed E-state index contributed by atoms with van der Waals surface area (Å²) in [5.41, 5.74) is 1.68. The van der Waals surface area contributed by atoms with Crippen molar-refractivity contribution in [1.82, 2.24) is 15.5 Å². The van der Waals surface area contributed by atoms with Crippen molar-refractivity contribution in [2.45, 2.75) is 19.5 Å². The van der Waals surface area contributed by atoms with Gasteiger partial charge >= 0.3 is 0 Å². The molecule has 2 heterocycles. The Morgan fingerprint density at radius 3 is 2.91 bits per heavy atom. The Morgan fingerprint density at radius 2 is 2.14 bits per heavy atom. The van der Waals surface area contributed by atoms with E-state index in [0.717, 1.165) is 11.1 Å². The van der Waals surface area contributed by atoms with Crippen molar-refractivity contribution in [2.75, 3.05) is 0 Å². The van der Waals surface area contributed by atoms with E-state index in [1.165, 1.54) is 0 Å². The van der Waals surface area contributed by atoms with Gasteiger partial charge in [0.05, 0.1) is 28.4 Å². The van der Waals surface area contributed by atoms with Crippen LogP contribution in [0.25, 0.3) is 11.5 Å². The largest absolute Gasteiger partial charge is 0.472 e. The molecular formula is C15H13Cl2N3O2. The maximum atomic E-state index is 6.21. The fourth-order valence-electron chi connectivity index (χ4n) is 2.04. The zero-order valence-corrected chi connectivity index (χ0v) is 13.2. The summed E-state index contributed by atoms with van der Waals surface area (Å²) in [4.78, 5) is 4.30. The summed E-state index contributed by atoms with van der Waals surface area (Å²) in [6.07, 6.45) is 3.11. The van der Waals surface area contributed by atoms with E-state index in [9.17, 15) is 0 Å². The second-order valence-electron chi connectivity index (χ2n) is 4.77. The molecular weight excluding hydrogens is 325 g/mol. The van der Waals surface area contributed by atoms with Crippen molar-refractivity contribution < 1.29 is 8.94 Å². The van der Waals surface area contributed by atoms with Crippen LogP contribution in [0.3, 0.4) is 0 Å². The maximum Gasteiger partial charge on any atom is 0.261 e. The minimum Gasteiger partial charge on any atom is -0.472 e. The van der Waals surface area contributed by atoms with Gasteiger partial charge in [0.25, 0.3) is 5.89 Å². The van der Waals surface area contributed by atoms with Crippen LogP contribution in [0.2, 0.25) is 10.0 Å². The molecule has 1 N–H and O–H groups in total. The average Bonchev–Trinajstić information content (AvgIpc) is 3.18. The summed E-state index contributed by atoms with van der Waals surface area (Å²) in [5.74, 6) is 0.986. The van der Waals surface area contributed by atoms with E-state index in [0.29, 0.717) is 28.3 Å². The molecule has 0 saturated heterocycles. The molecule has 3 rings (SSSR count). The highest BCUT2D eigenvalue weighted by Crippen LogP contribution is 2.29. The second-order valence-corrected chi connectivity index (χ2v) is 5.56. The summed E-state index contributed by atoms with van der Waals surface area (Å²) in [6.45, 7) is 2.44. The third kappa shape index (κ3) is 3.16. The van der Waals surface area contributed by atoms with Crippen LogP contribution in [0.5, 0.6) is 0 Å². The van der Waals surface area contributed by atoms with Gasteiger partial charge in [0.1, 0.15) is 6.26 Å². The molecule has 0 unspecified atom stereocenters. The van der Waals surface area contributed by atoms with E-state index in [4.69, 9.17) is 32.1 Å². The summed E-state index contributed by atoms with van der Waals surface area (Å²) in [6, 6.07) is 7.32. The van der Waals surface area contributed by atoms with Crippen LogP contribution >= 0.6 is 23.2 Å². The van der Waals surface area contributed by atoms with Crippen molar-refractivity contribution in [1.29, 1.82) is 0 Å². The van der Waals surface area contributed by atoms with Gasteiger partial charge in [0.2, 0.25) is 0 Å². The molecule has 0 fully saturated rings. The first-order valence-electron chi connectivity index (χ1n) is 6.67. The lowest BCUT2D eigenvalue weighted by molar-refractivity contribution is 0.416. The number of benzene rings is 1. The topological polar surface area (TPSA) is 64.1 Å². The monoisotopic (exact) mass is 337 g/mol. The van der Waals surface area contributed by atoms with Gasteiger partial charge in [-0.3, -0.25) is 0 Å². The average molecular weight is 338 g/mol. The molecule has 0 spiro atoms. The number of hydrogen-bond acceptors (Lipinski definition) is 5. The third-order valence-electron chi connectivity index (χ3n) is 3.25. The van der Waals surface area contributed by atoms with E-state index in [2.05, 4.69) is 15.5 Å². The lowest BCUT2D eigenvalue weighted by atomic mass is 10.1. The summed E-state index contributed by atoms with van der Waals surface area (Å²) in [5, 5.41) is 8.31. The van der Waals surface area contributed by atoms with Crippen molar-refractivity contribution in [3.8, 4) is 11.5 Å². The Bertz CT molecular complexity index is 756. The van der Waals surface area contributed by atoms with Crippen molar-refractivity contribution in [2.24, 2.45) is 0 Å². The first-order chi connectivity index (χ1) is 10.6. The lowest BCUT2D eigenvalue weighted by Gasteiger charge is -2.15. The number of rotatable bonds is 5. The molecule has 2 aromatic heterocycles. The highest BCUT2D eigenvalue weighted by atomic mass is 35.5. The molecule has 3 aromatic rings. The van der Waals surface area contributed by atoms with Gasteiger partial charge in [-0.05, 0) is 24.6 Å². The Balaban J connectivity index is 1.66. The highest BCUT2D eigenvalue weighted by molar-refractivity contribution is 6.42. The first kappa shape index (κ1) is 15.1. The number of nitrogens with one attached hydrogen (secondary N) is 1. The van der Waals surface area contributed by atoms with Crippen molar-refractivity contribution in [3.63, 3.8) is 0 Å². The van der Waals surface area contributed by atoms with Crippen LogP contribution in [-0.4, -0.2) is 10.1 Å². The SMILES string of the molecule is C[C@@H](NCc1noc(-c2ccoc2)n1)c1cccc(Cl)c1Cl. The number of aromatic nitrogens is 2. The van der Waals surface area contributed by atoms with Gasteiger partial charge in [-0.25, -0.2) is 0 Å². The van der Waals surface area contributed by atoms with Gasteiger partial charge in [-0.15, -0.1) is 0 Å². The van der Waals surface area contributed by atoms with Crippen LogP contribution in [0.1, 0.15) is 24.4 Å². The summed E-state index contributed by atoms with van der Waals surface area (Å²) >= 11 is 12.2. The summed E-state index contributed by atoms with van der Waals surface area (Å²) in [7, 11) is 0. The Kier molecular flexibility index (Phi) is 4.47. The molecule has 114 valence electrons. The molecule has 0 radical (unpaired) electrons. The van der Waals surface area contributed by atoms with E-state index in [1.54, 1.807) is 24.7 Å². The molecule has 0 aliphatic heterocycles. The second kappa shape index (κ2) is 6.52. The van der Waals surface area contributed by atoms with Crippen LogP contribution in [0.4, 0.5) is 0 Å². The van der Waals surface area contributed by atoms with Gasteiger partial charge < -0.3 is 14.3 Å². The zero-order chi connectivity index (χ0) is 15.5. The van der Waals surface area contributed by atoms with Crippen LogP contribution in [0, 0.1) is 0 Å². The minimum absolute atomic E-state index is 0.00192. The van der Waals surface area contributed by atoms with Crippen molar-refractivity contribution in [3.05, 3.63) is 58.2 Å². The molecule has 0 bridgehead atoms. The van der Waals surface area contributed by atoms with E-state index >= 15 is 0 Å². The fourth-order valence-corrected chi connectivity index (χ4v) is 2.51. The fraction of sp³-hybridized carbons (Fsp3) is 0.200. The smallest absolute Gasteiger partial charge is 0.261 e. The molecule has 1 atom stereocenters. The maximum absolute atomic E-state index is 6.21. The minimum atomic E-state index is 0.00192. The van der Waals surface area contributed by atoms with Gasteiger partial charge in [-0.2, -0.15) is 4.98 Å². The van der Waals surface area contributed by atoms with E-state index < -0.39 is 0 Å². The summed E-state index contributed by atoms with van der Waals surface area (Å²) < 4.78 is 10.2. The van der Waals surface area contributed by atoms with Crippen LogP contribution in [-0.2, 0) is 6.54 Å². The first-order valence-corrected chi connectivity index (χ1v) is 7.43. The third-order valence-corrected chi connectivity index (χ3v) is 4.08. The van der Waals surface area contributed by atoms with Crippen molar-refractivity contribution >= 4 is 23.2 Å². The molecule has 0 aliphatic carbocycles. The Hall–Kier alpha value is -1.82. The van der Waals surface area contributed by atoms with Gasteiger partial charge in [0, 0.05) is 6.04 Å². The standard InChI is InChI=1S/C15H13Cl2N3O2/c1-9(11-3-2-4-12(16)14(11)17)18-7-13-19-15(22-20-13)10-5-6-21-8-10/h2-6,8-9,18H,7H2,1H3/t9-/m1/s1. The zero-order valence-electron chi connectivity index (χ0n) is 11.7. The van der Waals surface area contributed by atoms with Crippen LogP contribution < -0.4 is 5.32 Å². The molecule has 7 heteroatoms. The highest BCUT2D eigenvalue weighted by Gasteiger charge is 2.14.